The molecule has 0 spiro atoms. The molecule has 0 radical (unpaired) electrons. The second-order valence-corrected chi connectivity index (χ2v) is 9.78. The second-order valence-electron chi connectivity index (χ2n) is 8.78. The lowest BCUT2D eigenvalue weighted by Gasteiger charge is -2.10. The predicted molar refractivity (Wildman–Crippen MR) is 140 cm³/mol. The predicted octanol–water partition coefficient (Wildman–Crippen LogP) is 5.82. The zero-order chi connectivity index (χ0) is 25.1. The highest BCUT2D eigenvalue weighted by atomic mass is 32.1. The van der Waals surface area contributed by atoms with Gasteiger partial charge in [0.05, 0.1) is 5.69 Å². The molecular weight excluding hydrogens is 475 g/mol. The lowest BCUT2D eigenvalue weighted by Crippen LogP contribution is -2.25. The van der Waals surface area contributed by atoms with E-state index in [1.807, 2.05) is 43.3 Å². The van der Waals surface area contributed by atoms with E-state index in [-0.39, 0.29) is 17.9 Å². The summed E-state index contributed by atoms with van der Waals surface area (Å²) in [6, 6.07) is 21.4. The lowest BCUT2D eigenvalue weighted by molar-refractivity contribution is 0.0944. The van der Waals surface area contributed by atoms with Gasteiger partial charge in [0.2, 0.25) is 0 Å². The van der Waals surface area contributed by atoms with Crippen molar-refractivity contribution in [2.45, 2.75) is 32.4 Å². The molecule has 2 amide bonds. The Hall–Kier alpha value is -4.04. The van der Waals surface area contributed by atoms with Gasteiger partial charge in [0.1, 0.15) is 10.7 Å². The van der Waals surface area contributed by atoms with E-state index in [9.17, 15) is 14.0 Å². The van der Waals surface area contributed by atoms with Crippen LogP contribution >= 0.6 is 11.3 Å². The molecule has 36 heavy (non-hydrogen) atoms. The Morgan fingerprint density at radius 2 is 1.81 bits per heavy atom. The first-order valence-electron chi connectivity index (χ1n) is 11.7. The van der Waals surface area contributed by atoms with Gasteiger partial charge in [-0.15, -0.1) is 0 Å². The molecule has 1 heterocycles. The summed E-state index contributed by atoms with van der Waals surface area (Å²) in [6.45, 7) is 2.29. The van der Waals surface area contributed by atoms with Crippen LogP contribution in [0.15, 0.2) is 72.8 Å². The third kappa shape index (κ3) is 5.60. The van der Waals surface area contributed by atoms with Crippen molar-refractivity contribution in [1.82, 2.24) is 15.6 Å². The molecule has 1 aliphatic carbocycles. The average molecular weight is 501 g/mol. The Balaban J connectivity index is 1.43. The molecule has 0 atom stereocenters. The van der Waals surface area contributed by atoms with Crippen LogP contribution in [-0.4, -0.2) is 22.8 Å². The molecule has 4 aromatic rings. The molecule has 0 aliphatic heterocycles. The lowest BCUT2D eigenvalue weighted by atomic mass is 10.1. The van der Waals surface area contributed by atoms with E-state index in [0.717, 1.165) is 24.0 Å². The number of hydrogen-bond acceptors (Lipinski definition) is 5. The number of halogens is 1. The van der Waals surface area contributed by atoms with Crippen LogP contribution in [0.25, 0.3) is 11.3 Å². The Morgan fingerprint density at radius 3 is 2.56 bits per heavy atom. The van der Waals surface area contributed by atoms with Crippen LogP contribution in [0, 0.1) is 12.7 Å². The first kappa shape index (κ1) is 23.7. The van der Waals surface area contributed by atoms with Gasteiger partial charge in [0.15, 0.2) is 5.13 Å². The zero-order valence-corrected chi connectivity index (χ0v) is 20.5. The fourth-order valence-corrected chi connectivity index (χ4v) is 4.64. The summed E-state index contributed by atoms with van der Waals surface area (Å²) in [5, 5.41) is 9.67. The second kappa shape index (κ2) is 10.3. The quantitative estimate of drug-likeness (QED) is 0.285. The summed E-state index contributed by atoms with van der Waals surface area (Å²) in [5.74, 6) is -0.810. The SMILES string of the molecule is Cc1ccc(C(=O)NC2CC2)cc1Nc1nc(-c2cccc(F)c2)c(C(=O)NCc2ccccc2)s1. The van der Waals surface area contributed by atoms with Crippen molar-refractivity contribution >= 4 is 34.0 Å². The Labute approximate surface area is 212 Å². The summed E-state index contributed by atoms with van der Waals surface area (Å²) < 4.78 is 14.0. The van der Waals surface area contributed by atoms with Crippen LogP contribution in [0.1, 0.15) is 44.0 Å². The molecule has 0 unspecified atom stereocenters. The first-order chi connectivity index (χ1) is 17.5. The Kier molecular flexibility index (Phi) is 6.77. The third-order valence-corrected chi connectivity index (χ3v) is 6.85. The highest BCUT2D eigenvalue weighted by Crippen LogP contribution is 2.34. The standard InChI is InChI=1S/C28H25FN4O2S/c1-17-10-11-20(26(34)31-22-12-13-22)15-23(17)32-28-33-24(19-8-5-9-21(29)14-19)25(36-28)27(35)30-16-18-6-3-2-4-7-18/h2-11,14-15,22H,12-13,16H2,1H3,(H,30,35)(H,31,34)(H,32,33). The molecular formula is C28H25FN4O2S. The third-order valence-electron chi connectivity index (χ3n) is 5.88. The highest BCUT2D eigenvalue weighted by Gasteiger charge is 2.24. The molecule has 1 aliphatic rings. The van der Waals surface area contributed by atoms with E-state index in [4.69, 9.17) is 0 Å². The van der Waals surface area contributed by atoms with Crippen molar-refractivity contribution in [3.8, 4) is 11.3 Å². The maximum absolute atomic E-state index is 14.0. The number of aryl methyl sites for hydroxylation is 1. The molecule has 1 fully saturated rings. The summed E-state index contributed by atoms with van der Waals surface area (Å²) in [5.41, 5.74) is 4.08. The maximum Gasteiger partial charge on any atom is 0.264 e. The van der Waals surface area contributed by atoms with Gasteiger partial charge in [-0.3, -0.25) is 9.59 Å². The highest BCUT2D eigenvalue weighted by molar-refractivity contribution is 7.18. The number of rotatable bonds is 8. The number of carbonyl (C=O) groups is 2. The molecule has 6 nitrogen and oxygen atoms in total. The number of amides is 2. The van der Waals surface area contributed by atoms with Gasteiger partial charge < -0.3 is 16.0 Å². The topological polar surface area (TPSA) is 83.1 Å². The van der Waals surface area contributed by atoms with E-state index in [2.05, 4.69) is 20.9 Å². The van der Waals surface area contributed by atoms with Crippen LogP contribution in [0.3, 0.4) is 0 Å². The number of nitrogens with zero attached hydrogens (tertiary/aromatic N) is 1. The van der Waals surface area contributed by atoms with E-state index < -0.39 is 5.82 Å². The van der Waals surface area contributed by atoms with Gasteiger partial charge in [-0.2, -0.15) is 0 Å². The van der Waals surface area contributed by atoms with Crippen molar-refractivity contribution in [2.75, 3.05) is 5.32 Å². The number of hydrogen-bond donors (Lipinski definition) is 3. The number of benzene rings is 3. The van der Waals surface area contributed by atoms with Crippen molar-refractivity contribution in [3.63, 3.8) is 0 Å². The van der Waals surface area contributed by atoms with E-state index >= 15 is 0 Å². The fraction of sp³-hybridized carbons (Fsp3) is 0.179. The van der Waals surface area contributed by atoms with Gasteiger partial charge in [-0.25, -0.2) is 9.37 Å². The van der Waals surface area contributed by atoms with Crippen LogP contribution in [0.2, 0.25) is 0 Å². The minimum atomic E-state index is -0.407. The molecule has 182 valence electrons. The number of thiazole rings is 1. The van der Waals surface area contributed by atoms with E-state index in [1.54, 1.807) is 24.3 Å². The summed E-state index contributed by atoms with van der Waals surface area (Å²) in [7, 11) is 0. The molecule has 3 aromatic carbocycles. The molecule has 0 bridgehead atoms. The molecule has 8 heteroatoms. The number of nitrogens with one attached hydrogen (secondary N) is 3. The normalized spacial score (nSPS) is 12.7. The minimum Gasteiger partial charge on any atom is -0.349 e. The average Bonchev–Trinajstić information content (AvgIpc) is 3.60. The van der Waals surface area contributed by atoms with Gasteiger partial charge >= 0.3 is 0 Å². The zero-order valence-electron chi connectivity index (χ0n) is 19.7. The Bertz CT molecular complexity index is 1420. The van der Waals surface area contributed by atoms with E-state index in [1.165, 1.54) is 23.5 Å². The molecule has 5 rings (SSSR count). The van der Waals surface area contributed by atoms with Crippen molar-refractivity contribution in [1.29, 1.82) is 0 Å². The van der Waals surface area contributed by atoms with Crippen molar-refractivity contribution in [3.05, 3.63) is 100 Å². The number of carbonyl (C=O) groups excluding carboxylic acids is 2. The van der Waals surface area contributed by atoms with Gasteiger partial charge in [-0.1, -0.05) is 59.9 Å². The maximum atomic E-state index is 14.0. The minimum absolute atomic E-state index is 0.110. The summed E-state index contributed by atoms with van der Waals surface area (Å²) in [6.07, 6.45) is 2.03. The molecule has 1 saturated carbocycles. The van der Waals surface area contributed by atoms with Gasteiger partial charge in [-0.05, 0) is 55.2 Å². The van der Waals surface area contributed by atoms with Crippen LogP contribution in [-0.2, 0) is 6.54 Å². The fourth-order valence-electron chi connectivity index (χ4n) is 3.73. The number of anilines is 2. The summed E-state index contributed by atoms with van der Waals surface area (Å²) >= 11 is 1.18. The van der Waals surface area contributed by atoms with E-state index in [0.29, 0.717) is 39.1 Å². The van der Waals surface area contributed by atoms with Crippen LogP contribution < -0.4 is 16.0 Å². The van der Waals surface area contributed by atoms with Crippen LogP contribution in [0.5, 0.6) is 0 Å². The largest absolute Gasteiger partial charge is 0.349 e. The molecule has 1 aromatic heterocycles. The number of aromatic nitrogens is 1. The van der Waals surface area contributed by atoms with Crippen LogP contribution in [0.4, 0.5) is 15.2 Å². The smallest absolute Gasteiger partial charge is 0.264 e. The molecule has 0 saturated heterocycles. The van der Waals surface area contributed by atoms with Gasteiger partial charge in [0, 0.05) is 29.4 Å². The van der Waals surface area contributed by atoms with Crippen molar-refractivity contribution in [2.24, 2.45) is 0 Å². The monoisotopic (exact) mass is 500 g/mol. The van der Waals surface area contributed by atoms with Gasteiger partial charge in [0.25, 0.3) is 11.8 Å². The summed E-state index contributed by atoms with van der Waals surface area (Å²) in [4.78, 5) is 30.7. The van der Waals surface area contributed by atoms with Crippen molar-refractivity contribution < 1.29 is 14.0 Å². The molecule has 3 N–H and O–H groups in total. The first-order valence-corrected chi connectivity index (χ1v) is 12.6. The Morgan fingerprint density at radius 1 is 1.00 bits per heavy atom.